The molecular formula is C32H18N4S. The Morgan fingerprint density at radius 3 is 1.89 bits per heavy atom. The molecular weight excluding hydrogens is 472 g/mol. The lowest BCUT2D eigenvalue weighted by molar-refractivity contribution is 1.01. The van der Waals surface area contributed by atoms with Crippen molar-refractivity contribution in [3.63, 3.8) is 0 Å². The van der Waals surface area contributed by atoms with Gasteiger partial charge in [0.05, 0.1) is 27.6 Å². The van der Waals surface area contributed by atoms with E-state index >= 15 is 0 Å². The Hall–Kier alpha value is -4.74. The van der Waals surface area contributed by atoms with Crippen molar-refractivity contribution in [3.8, 4) is 11.6 Å². The number of benzene rings is 5. The Balaban J connectivity index is 1.53. The Morgan fingerprint density at radius 1 is 0.514 bits per heavy atom. The lowest BCUT2D eigenvalue weighted by Gasteiger charge is -2.08. The minimum absolute atomic E-state index is 0.702. The second-order valence-electron chi connectivity index (χ2n) is 9.49. The number of aromatic nitrogens is 4. The van der Waals surface area contributed by atoms with Crippen molar-refractivity contribution >= 4 is 75.3 Å². The first-order valence-electron chi connectivity index (χ1n) is 12.4. The zero-order valence-corrected chi connectivity index (χ0v) is 20.4. The van der Waals surface area contributed by atoms with E-state index in [1.54, 1.807) is 0 Å². The first kappa shape index (κ1) is 19.4. The fraction of sp³-hybridized carbons (Fsp3) is 0. The minimum Gasteiger partial charge on any atom is -0.309 e. The molecule has 4 aromatic heterocycles. The van der Waals surface area contributed by atoms with E-state index in [1.165, 1.54) is 47.7 Å². The lowest BCUT2D eigenvalue weighted by atomic mass is 10.1. The van der Waals surface area contributed by atoms with E-state index in [0.29, 0.717) is 5.95 Å². The van der Waals surface area contributed by atoms with Gasteiger partial charge in [-0.25, -0.2) is 9.97 Å². The van der Waals surface area contributed by atoms with E-state index in [0.717, 1.165) is 21.9 Å². The molecule has 0 unspecified atom stereocenters. The number of rotatable bonds is 2. The molecule has 0 fully saturated rings. The summed E-state index contributed by atoms with van der Waals surface area (Å²) < 4.78 is 7.20. The molecule has 0 N–H and O–H groups in total. The fourth-order valence-electron chi connectivity index (χ4n) is 6.06. The molecule has 37 heavy (non-hydrogen) atoms. The highest BCUT2D eigenvalue weighted by molar-refractivity contribution is 7.24. The van der Waals surface area contributed by atoms with Crippen LogP contribution in [0.25, 0.3) is 75.6 Å². The molecule has 0 spiro atoms. The maximum Gasteiger partial charge on any atom is 0.235 e. The molecule has 5 aromatic carbocycles. The van der Waals surface area contributed by atoms with Crippen LogP contribution in [-0.2, 0) is 0 Å². The summed E-state index contributed by atoms with van der Waals surface area (Å²) in [6.07, 6.45) is 1.93. The highest BCUT2D eigenvalue weighted by Crippen LogP contribution is 2.47. The van der Waals surface area contributed by atoms with E-state index < -0.39 is 0 Å². The monoisotopic (exact) mass is 490 g/mol. The van der Waals surface area contributed by atoms with Gasteiger partial charge in [0.1, 0.15) is 0 Å². The van der Waals surface area contributed by atoms with Crippen LogP contribution in [0.3, 0.4) is 0 Å². The summed E-state index contributed by atoms with van der Waals surface area (Å²) in [5, 5.41) is 6.20. The van der Waals surface area contributed by atoms with E-state index in [4.69, 9.17) is 9.97 Å². The van der Waals surface area contributed by atoms with Crippen LogP contribution >= 0.6 is 11.3 Å². The second-order valence-corrected chi connectivity index (χ2v) is 10.6. The molecule has 0 radical (unpaired) electrons. The largest absolute Gasteiger partial charge is 0.309 e. The van der Waals surface area contributed by atoms with Gasteiger partial charge in [-0.15, -0.1) is 11.3 Å². The molecule has 0 saturated heterocycles. The molecule has 0 atom stereocenters. The average molecular weight is 491 g/mol. The predicted octanol–water partition coefficient (Wildman–Crippen LogP) is 8.48. The van der Waals surface area contributed by atoms with Gasteiger partial charge in [0.2, 0.25) is 5.95 Å². The number of hydrogen-bond donors (Lipinski definition) is 0. The predicted molar refractivity (Wildman–Crippen MR) is 155 cm³/mol. The van der Waals surface area contributed by atoms with Crippen LogP contribution in [0.4, 0.5) is 0 Å². The first-order chi connectivity index (χ1) is 18.4. The van der Waals surface area contributed by atoms with Crippen molar-refractivity contribution in [2.75, 3.05) is 0 Å². The van der Waals surface area contributed by atoms with Crippen LogP contribution in [0, 0.1) is 0 Å². The molecule has 172 valence electrons. The van der Waals surface area contributed by atoms with Crippen molar-refractivity contribution < 1.29 is 0 Å². The van der Waals surface area contributed by atoms with E-state index in [9.17, 15) is 0 Å². The van der Waals surface area contributed by atoms with E-state index in [1.807, 2.05) is 29.7 Å². The molecule has 0 aliphatic rings. The Labute approximate surface area is 215 Å². The summed E-state index contributed by atoms with van der Waals surface area (Å²) >= 11 is 1.86. The molecule has 0 saturated carbocycles. The van der Waals surface area contributed by atoms with Gasteiger partial charge >= 0.3 is 0 Å². The van der Waals surface area contributed by atoms with Gasteiger partial charge in [-0.05, 0) is 54.6 Å². The normalized spacial score (nSPS) is 12.3. The van der Waals surface area contributed by atoms with Crippen LogP contribution in [0.5, 0.6) is 0 Å². The van der Waals surface area contributed by atoms with Crippen LogP contribution in [0.15, 0.2) is 109 Å². The molecule has 5 heteroatoms. The number of para-hydroxylation sites is 2. The van der Waals surface area contributed by atoms with E-state index in [-0.39, 0.29) is 0 Å². The third kappa shape index (κ3) is 2.46. The van der Waals surface area contributed by atoms with Crippen LogP contribution in [-0.4, -0.2) is 19.1 Å². The third-order valence-corrected chi connectivity index (χ3v) is 8.66. The third-order valence-electron chi connectivity index (χ3n) is 7.54. The van der Waals surface area contributed by atoms with Gasteiger partial charge in [-0.1, -0.05) is 48.5 Å². The fourth-order valence-corrected chi connectivity index (χ4v) is 7.21. The Kier molecular flexibility index (Phi) is 3.64. The minimum atomic E-state index is 0.702. The van der Waals surface area contributed by atoms with Crippen LogP contribution in [0.1, 0.15) is 0 Å². The van der Waals surface area contributed by atoms with Gasteiger partial charge in [0.15, 0.2) is 0 Å². The Morgan fingerprint density at radius 2 is 1.14 bits per heavy atom. The van der Waals surface area contributed by atoms with Crippen LogP contribution < -0.4 is 0 Å². The zero-order valence-electron chi connectivity index (χ0n) is 19.6. The number of nitrogens with zero attached hydrogens (tertiary/aromatic N) is 4. The smallest absolute Gasteiger partial charge is 0.235 e. The molecule has 9 aromatic rings. The SMILES string of the molecule is c1ccc(-n2c3cccc4sc5cccc6c5c5c(c43)c2ccc5n6-c2ncc3ccccc3n2)cc1. The van der Waals surface area contributed by atoms with Crippen LogP contribution in [0.2, 0.25) is 0 Å². The molecule has 0 amide bonds. The summed E-state index contributed by atoms with van der Waals surface area (Å²) in [5.41, 5.74) is 6.84. The maximum absolute atomic E-state index is 5.00. The summed E-state index contributed by atoms with van der Waals surface area (Å²) in [7, 11) is 0. The van der Waals surface area contributed by atoms with Crippen molar-refractivity contribution in [3.05, 3.63) is 109 Å². The number of hydrogen-bond acceptors (Lipinski definition) is 3. The second kappa shape index (κ2) is 6.93. The van der Waals surface area contributed by atoms with Gasteiger partial charge in [0.25, 0.3) is 0 Å². The van der Waals surface area contributed by atoms with Gasteiger partial charge in [-0.2, -0.15) is 0 Å². The number of fused-ring (bicyclic) bond motifs is 1. The molecule has 0 aliphatic heterocycles. The maximum atomic E-state index is 5.00. The topological polar surface area (TPSA) is 35.6 Å². The lowest BCUT2D eigenvalue weighted by Crippen LogP contribution is -2.01. The van der Waals surface area contributed by atoms with Crippen molar-refractivity contribution in [1.29, 1.82) is 0 Å². The highest BCUT2D eigenvalue weighted by atomic mass is 32.1. The summed E-state index contributed by atoms with van der Waals surface area (Å²) in [5.74, 6) is 0.702. The van der Waals surface area contributed by atoms with Crippen molar-refractivity contribution in [1.82, 2.24) is 19.1 Å². The standard InChI is InChI=1S/C32H18N4S/c1-2-9-20(10-3-1)35-22-12-6-14-26-28(22)30-24(35)16-17-25-31(30)29-23(13-7-15-27(29)37-26)36(25)32-33-18-19-8-4-5-11-21(19)34-32/h1-18H. The summed E-state index contributed by atoms with van der Waals surface area (Å²) in [6, 6.07) is 36.6. The average Bonchev–Trinajstić information content (AvgIpc) is 3.41. The Bertz CT molecular complexity index is 2300. The zero-order chi connectivity index (χ0) is 24.1. The van der Waals surface area contributed by atoms with Gasteiger partial charge < -0.3 is 4.57 Å². The summed E-state index contributed by atoms with van der Waals surface area (Å²) in [4.78, 5) is 9.83. The van der Waals surface area contributed by atoms with E-state index in [2.05, 4.69) is 100 Å². The molecule has 4 heterocycles. The molecule has 0 aliphatic carbocycles. The summed E-state index contributed by atoms with van der Waals surface area (Å²) in [6.45, 7) is 0. The molecule has 4 nitrogen and oxygen atoms in total. The highest BCUT2D eigenvalue weighted by Gasteiger charge is 2.24. The van der Waals surface area contributed by atoms with Gasteiger partial charge in [0, 0.05) is 48.2 Å². The van der Waals surface area contributed by atoms with Crippen molar-refractivity contribution in [2.24, 2.45) is 0 Å². The van der Waals surface area contributed by atoms with Crippen molar-refractivity contribution in [2.45, 2.75) is 0 Å². The van der Waals surface area contributed by atoms with Gasteiger partial charge in [-0.3, -0.25) is 4.57 Å². The molecule has 9 rings (SSSR count). The first-order valence-corrected chi connectivity index (χ1v) is 13.2. The molecule has 0 bridgehead atoms. The quantitative estimate of drug-likeness (QED) is 0.244.